The number of thioether (sulfide) groups is 1. The molecular weight excluding hydrogens is 268 g/mol. The zero-order valence-electron chi connectivity index (χ0n) is 12.4. The van der Waals surface area contributed by atoms with E-state index >= 15 is 0 Å². The summed E-state index contributed by atoms with van der Waals surface area (Å²) in [6, 6.07) is 10.2. The van der Waals surface area contributed by atoms with Gasteiger partial charge in [-0.05, 0) is 18.4 Å². The van der Waals surface area contributed by atoms with Crippen LogP contribution in [0.5, 0.6) is 0 Å². The largest absolute Gasteiger partial charge is 0.323 e. The van der Waals surface area contributed by atoms with E-state index in [4.69, 9.17) is 5.73 Å². The number of hydrogen-bond donors (Lipinski definition) is 1. The highest BCUT2D eigenvalue weighted by Gasteiger charge is 2.26. The zero-order chi connectivity index (χ0) is 14.7. The van der Waals surface area contributed by atoms with E-state index < -0.39 is 0 Å². The van der Waals surface area contributed by atoms with Gasteiger partial charge in [-0.3, -0.25) is 0 Å². The first-order valence-electron chi connectivity index (χ1n) is 6.84. The lowest BCUT2D eigenvalue weighted by molar-refractivity contribution is 0.525. The van der Waals surface area contributed by atoms with Crippen molar-refractivity contribution in [2.24, 2.45) is 18.7 Å². The Balaban J connectivity index is 2.21. The molecule has 0 aliphatic heterocycles. The number of benzene rings is 1. The van der Waals surface area contributed by atoms with Crippen LogP contribution in [0.25, 0.3) is 0 Å². The monoisotopic (exact) mass is 290 g/mol. The minimum absolute atomic E-state index is 0.0155. The van der Waals surface area contributed by atoms with Crippen LogP contribution in [0.2, 0.25) is 0 Å². The zero-order valence-corrected chi connectivity index (χ0v) is 13.3. The minimum atomic E-state index is -0.0155. The molecule has 2 unspecified atom stereocenters. The minimum Gasteiger partial charge on any atom is -0.323 e. The van der Waals surface area contributed by atoms with Crippen LogP contribution in [0.1, 0.15) is 31.3 Å². The van der Waals surface area contributed by atoms with Gasteiger partial charge in [-0.2, -0.15) is 0 Å². The first kappa shape index (κ1) is 15.1. The van der Waals surface area contributed by atoms with Gasteiger partial charge in [-0.15, -0.1) is 10.2 Å². The second kappa shape index (κ2) is 6.41. The number of hydrogen-bond acceptors (Lipinski definition) is 4. The molecule has 0 saturated heterocycles. The summed E-state index contributed by atoms with van der Waals surface area (Å²) in [4.78, 5) is 0. The van der Waals surface area contributed by atoms with Crippen LogP contribution in [0, 0.1) is 12.8 Å². The summed E-state index contributed by atoms with van der Waals surface area (Å²) in [6.45, 7) is 6.35. The maximum atomic E-state index is 6.47. The second-order valence-electron chi connectivity index (χ2n) is 5.35. The van der Waals surface area contributed by atoms with Gasteiger partial charge in [-0.25, -0.2) is 0 Å². The summed E-state index contributed by atoms with van der Waals surface area (Å²) in [5.41, 5.74) is 7.63. The molecule has 2 aromatic rings. The van der Waals surface area contributed by atoms with Crippen LogP contribution >= 0.6 is 11.8 Å². The molecule has 108 valence electrons. The third-order valence-electron chi connectivity index (χ3n) is 3.49. The molecule has 0 radical (unpaired) electrons. The van der Waals surface area contributed by atoms with E-state index in [2.05, 4.69) is 36.2 Å². The Bertz CT molecular complexity index is 550. The molecule has 0 amide bonds. The molecule has 0 aliphatic carbocycles. The molecular formula is C15H22N4S. The Labute approximate surface area is 124 Å². The fourth-order valence-corrected chi connectivity index (χ4v) is 3.30. The Kier molecular flexibility index (Phi) is 4.83. The predicted molar refractivity (Wildman–Crippen MR) is 83.6 cm³/mol. The first-order valence-corrected chi connectivity index (χ1v) is 7.72. The first-order chi connectivity index (χ1) is 9.50. The molecule has 1 heterocycles. The summed E-state index contributed by atoms with van der Waals surface area (Å²) >= 11 is 1.71. The third kappa shape index (κ3) is 3.22. The molecule has 20 heavy (non-hydrogen) atoms. The van der Waals surface area contributed by atoms with Gasteiger partial charge >= 0.3 is 0 Å². The summed E-state index contributed by atoms with van der Waals surface area (Å²) < 4.78 is 2.01. The van der Waals surface area contributed by atoms with Gasteiger partial charge in [0.2, 0.25) is 0 Å². The number of aryl methyl sites for hydroxylation is 1. The van der Waals surface area contributed by atoms with Gasteiger partial charge in [0.15, 0.2) is 5.16 Å². The second-order valence-corrected chi connectivity index (χ2v) is 6.50. The van der Waals surface area contributed by atoms with Crippen molar-refractivity contribution in [3.63, 3.8) is 0 Å². The van der Waals surface area contributed by atoms with Crippen molar-refractivity contribution in [1.82, 2.24) is 14.8 Å². The van der Waals surface area contributed by atoms with Crippen LogP contribution in [0.4, 0.5) is 0 Å². The number of rotatable bonds is 5. The molecule has 0 saturated carbocycles. The lowest BCUT2D eigenvalue weighted by Gasteiger charge is -2.26. The van der Waals surface area contributed by atoms with Gasteiger partial charge in [-0.1, -0.05) is 55.9 Å². The Morgan fingerprint density at radius 2 is 1.80 bits per heavy atom. The van der Waals surface area contributed by atoms with Crippen molar-refractivity contribution in [2.45, 2.75) is 37.2 Å². The average Bonchev–Trinajstić information content (AvgIpc) is 2.76. The highest BCUT2D eigenvalue weighted by molar-refractivity contribution is 7.99. The topological polar surface area (TPSA) is 56.7 Å². The van der Waals surface area contributed by atoms with Gasteiger partial charge in [0, 0.05) is 18.3 Å². The van der Waals surface area contributed by atoms with Crippen LogP contribution in [-0.4, -0.2) is 20.0 Å². The van der Waals surface area contributed by atoms with Crippen molar-refractivity contribution in [3.8, 4) is 0 Å². The molecule has 4 nitrogen and oxygen atoms in total. The van der Waals surface area contributed by atoms with Crippen molar-refractivity contribution in [1.29, 1.82) is 0 Å². The fourth-order valence-electron chi connectivity index (χ4n) is 2.10. The van der Waals surface area contributed by atoms with E-state index in [1.807, 2.05) is 36.7 Å². The SMILES string of the molecule is Cc1nnc(SC(C(C)C)C(N)c2ccccc2)n1C. The standard InChI is InChI=1S/C15H22N4S/c1-10(2)14(13(16)12-8-6-5-7-9-12)20-15-18-17-11(3)19(15)4/h5-10,13-14H,16H2,1-4H3. The smallest absolute Gasteiger partial charge is 0.191 e. The lowest BCUT2D eigenvalue weighted by atomic mass is 9.97. The van der Waals surface area contributed by atoms with Crippen LogP contribution in [0.15, 0.2) is 35.5 Å². The van der Waals surface area contributed by atoms with E-state index in [1.165, 1.54) is 0 Å². The van der Waals surface area contributed by atoms with Gasteiger partial charge in [0.25, 0.3) is 0 Å². The summed E-state index contributed by atoms with van der Waals surface area (Å²) in [7, 11) is 1.99. The highest BCUT2D eigenvalue weighted by atomic mass is 32.2. The molecule has 1 aromatic carbocycles. The normalized spacial score (nSPS) is 14.5. The summed E-state index contributed by atoms with van der Waals surface area (Å²) in [5.74, 6) is 1.37. The highest BCUT2D eigenvalue weighted by Crippen LogP contribution is 2.34. The van der Waals surface area contributed by atoms with E-state index in [0.29, 0.717) is 5.92 Å². The maximum absolute atomic E-state index is 6.47. The Hall–Kier alpha value is -1.33. The van der Waals surface area contributed by atoms with Crippen LogP contribution in [0.3, 0.4) is 0 Å². The quantitative estimate of drug-likeness (QED) is 0.860. The number of nitrogens with two attached hydrogens (primary N) is 1. The van der Waals surface area contributed by atoms with Crippen molar-refractivity contribution in [2.75, 3.05) is 0 Å². The van der Waals surface area contributed by atoms with Crippen molar-refractivity contribution >= 4 is 11.8 Å². The summed E-state index contributed by atoms with van der Waals surface area (Å²) in [5, 5.41) is 9.53. The molecule has 2 rings (SSSR count). The Morgan fingerprint density at radius 3 is 2.30 bits per heavy atom. The molecule has 5 heteroatoms. The fraction of sp³-hybridized carbons (Fsp3) is 0.467. The number of aromatic nitrogens is 3. The Morgan fingerprint density at radius 1 is 1.15 bits per heavy atom. The van der Waals surface area contributed by atoms with Gasteiger partial charge in [0.1, 0.15) is 5.82 Å². The predicted octanol–water partition coefficient (Wildman–Crippen LogP) is 2.94. The van der Waals surface area contributed by atoms with Gasteiger partial charge in [0.05, 0.1) is 0 Å². The summed E-state index contributed by atoms with van der Waals surface area (Å²) in [6.07, 6.45) is 0. The van der Waals surface area contributed by atoms with Gasteiger partial charge < -0.3 is 10.3 Å². The maximum Gasteiger partial charge on any atom is 0.191 e. The number of nitrogens with zero attached hydrogens (tertiary/aromatic N) is 3. The third-order valence-corrected chi connectivity index (χ3v) is 5.17. The van der Waals surface area contributed by atoms with Crippen LogP contribution in [-0.2, 0) is 7.05 Å². The molecule has 0 fully saturated rings. The van der Waals surface area contributed by atoms with E-state index in [1.54, 1.807) is 11.8 Å². The molecule has 1 aromatic heterocycles. The molecule has 0 spiro atoms. The molecule has 2 atom stereocenters. The van der Waals surface area contributed by atoms with E-state index in [0.717, 1.165) is 16.5 Å². The van der Waals surface area contributed by atoms with Crippen molar-refractivity contribution in [3.05, 3.63) is 41.7 Å². The van der Waals surface area contributed by atoms with Crippen LogP contribution < -0.4 is 5.73 Å². The van der Waals surface area contributed by atoms with E-state index in [9.17, 15) is 0 Å². The van der Waals surface area contributed by atoms with Crippen molar-refractivity contribution < 1.29 is 0 Å². The molecule has 2 N–H and O–H groups in total. The lowest BCUT2D eigenvalue weighted by Crippen LogP contribution is -2.28. The van der Waals surface area contributed by atoms with E-state index in [-0.39, 0.29) is 11.3 Å². The average molecular weight is 290 g/mol. The molecule has 0 aliphatic rings. The molecule has 0 bridgehead atoms.